The Labute approximate surface area is 111 Å². The van der Waals surface area contributed by atoms with E-state index in [2.05, 4.69) is 5.32 Å². The van der Waals surface area contributed by atoms with Crippen molar-refractivity contribution in [3.63, 3.8) is 0 Å². The maximum Gasteiger partial charge on any atom is 0.167 e. The van der Waals surface area contributed by atoms with Gasteiger partial charge < -0.3 is 14.8 Å². The average Bonchev–Trinajstić information content (AvgIpc) is 2.44. The van der Waals surface area contributed by atoms with Crippen molar-refractivity contribution >= 4 is 0 Å². The number of hydrogen-bond acceptors (Lipinski definition) is 3. The summed E-state index contributed by atoms with van der Waals surface area (Å²) in [5.74, 6) is -1.23. The van der Waals surface area contributed by atoms with Gasteiger partial charge in [-0.1, -0.05) is 6.42 Å². The van der Waals surface area contributed by atoms with Crippen LogP contribution >= 0.6 is 0 Å². The molecule has 5 heteroatoms. The zero-order valence-electron chi connectivity index (χ0n) is 11.3. The lowest BCUT2D eigenvalue weighted by Crippen LogP contribution is -2.36. The normalized spacial score (nSPS) is 19.3. The van der Waals surface area contributed by atoms with Crippen LogP contribution in [0.3, 0.4) is 0 Å². The summed E-state index contributed by atoms with van der Waals surface area (Å²) >= 11 is 0. The third kappa shape index (κ3) is 2.97. The fraction of sp³-hybridized carbons (Fsp3) is 0.571. The SMILES string of the molecule is COc1cc(F)c(F)c(CC2CCCCN2)c1OC. The Morgan fingerprint density at radius 2 is 2.05 bits per heavy atom. The molecule has 0 spiro atoms. The minimum absolute atomic E-state index is 0.156. The van der Waals surface area contributed by atoms with E-state index in [0.29, 0.717) is 6.42 Å². The number of methoxy groups -OCH3 is 2. The van der Waals surface area contributed by atoms with Gasteiger partial charge in [-0.3, -0.25) is 0 Å². The lowest BCUT2D eigenvalue weighted by atomic mass is 9.96. The van der Waals surface area contributed by atoms with E-state index in [1.54, 1.807) is 0 Å². The zero-order chi connectivity index (χ0) is 13.8. The van der Waals surface area contributed by atoms with Crippen molar-refractivity contribution < 1.29 is 18.3 Å². The average molecular weight is 271 g/mol. The molecule has 0 bridgehead atoms. The molecule has 0 aromatic heterocycles. The molecular formula is C14H19F2NO2. The summed E-state index contributed by atoms with van der Waals surface area (Å²) in [5, 5.41) is 3.32. The van der Waals surface area contributed by atoms with Crippen LogP contribution in [0.25, 0.3) is 0 Å². The number of hydrogen-bond donors (Lipinski definition) is 1. The first-order valence-corrected chi connectivity index (χ1v) is 6.49. The molecule has 0 aliphatic carbocycles. The van der Waals surface area contributed by atoms with Crippen LogP contribution in [0.1, 0.15) is 24.8 Å². The molecule has 0 radical (unpaired) electrons. The van der Waals surface area contributed by atoms with Crippen molar-refractivity contribution in [2.75, 3.05) is 20.8 Å². The highest BCUT2D eigenvalue weighted by atomic mass is 19.2. The summed E-state index contributed by atoms with van der Waals surface area (Å²) in [4.78, 5) is 0. The fourth-order valence-corrected chi connectivity index (χ4v) is 2.54. The van der Waals surface area contributed by atoms with Gasteiger partial charge in [0.2, 0.25) is 0 Å². The van der Waals surface area contributed by atoms with Crippen LogP contribution in [-0.2, 0) is 6.42 Å². The van der Waals surface area contributed by atoms with Crippen molar-refractivity contribution in [3.05, 3.63) is 23.3 Å². The Morgan fingerprint density at radius 1 is 1.26 bits per heavy atom. The molecule has 1 saturated heterocycles. The van der Waals surface area contributed by atoms with Crippen LogP contribution in [0, 0.1) is 11.6 Å². The van der Waals surface area contributed by atoms with E-state index in [1.807, 2.05) is 0 Å². The van der Waals surface area contributed by atoms with Gasteiger partial charge in [-0.15, -0.1) is 0 Å². The molecule has 1 unspecified atom stereocenters. The number of rotatable bonds is 4. The van der Waals surface area contributed by atoms with Crippen molar-refractivity contribution in [1.82, 2.24) is 5.32 Å². The molecule has 3 nitrogen and oxygen atoms in total. The molecule has 1 aromatic carbocycles. The Kier molecular flexibility index (Phi) is 4.58. The topological polar surface area (TPSA) is 30.5 Å². The van der Waals surface area contributed by atoms with Crippen LogP contribution in [0.2, 0.25) is 0 Å². The molecule has 106 valence electrons. The number of ether oxygens (including phenoxy) is 2. The first-order valence-electron chi connectivity index (χ1n) is 6.49. The third-order valence-corrected chi connectivity index (χ3v) is 3.52. The Hall–Kier alpha value is -1.36. The second-order valence-electron chi connectivity index (χ2n) is 4.74. The second kappa shape index (κ2) is 6.19. The highest BCUT2D eigenvalue weighted by Gasteiger charge is 2.23. The molecular weight excluding hydrogens is 252 g/mol. The van der Waals surface area contributed by atoms with Crippen molar-refractivity contribution in [3.8, 4) is 11.5 Å². The molecule has 2 rings (SSSR count). The van der Waals surface area contributed by atoms with Gasteiger partial charge in [0.1, 0.15) is 0 Å². The standard InChI is InChI=1S/C14H19F2NO2/c1-18-12-8-11(15)13(16)10(14(12)19-2)7-9-5-3-4-6-17-9/h8-9,17H,3-7H2,1-2H3. The number of halogens is 2. The summed E-state index contributed by atoms with van der Waals surface area (Å²) in [6.45, 7) is 0.918. The first-order chi connectivity index (χ1) is 9.17. The Bertz CT molecular complexity index is 446. The fourth-order valence-electron chi connectivity index (χ4n) is 2.54. The monoisotopic (exact) mass is 271 g/mol. The third-order valence-electron chi connectivity index (χ3n) is 3.52. The first kappa shape index (κ1) is 14.1. The smallest absolute Gasteiger partial charge is 0.167 e. The molecule has 1 aliphatic rings. The number of nitrogens with one attached hydrogen (secondary N) is 1. The molecule has 19 heavy (non-hydrogen) atoms. The van der Waals surface area contributed by atoms with E-state index in [1.165, 1.54) is 14.2 Å². The highest BCUT2D eigenvalue weighted by molar-refractivity contribution is 5.48. The van der Waals surface area contributed by atoms with Gasteiger partial charge >= 0.3 is 0 Å². The van der Waals surface area contributed by atoms with Gasteiger partial charge in [-0.05, 0) is 25.8 Å². The molecule has 0 amide bonds. The van der Waals surface area contributed by atoms with Gasteiger partial charge in [0.15, 0.2) is 23.1 Å². The van der Waals surface area contributed by atoms with Gasteiger partial charge in [-0.2, -0.15) is 0 Å². The summed E-state index contributed by atoms with van der Waals surface area (Å²) in [5.41, 5.74) is 0.249. The van der Waals surface area contributed by atoms with Crippen LogP contribution in [0.4, 0.5) is 8.78 Å². The number of benzene rings is 1. The van der Waals surface area contributed by atoms with Crippen molar-refractivity contribution in [1.29, 1.82) is 0 Å². The second-order valence-corrected chi connectivity index (χ2v) is 4.74. The predicted octanol–water partition coefficient (Wildman–Crippen LogP) is 2.67. The molecule has 1 fully saturated rings. The van der Waals surface area contributed by atoms with E-state index in [-0.39, 0.29) is 23.1 Å². The summed E-state index contributed by atoms with van der Waals surface area (Å²) in [6.07, 6.45) is 3.60. The van der Waals surface area contributed by atoms with E-state index >= 15 is 0 Å². The summed E-state index contributed by atoms with van der Waals surface area (Å²) in [7, 11) is 2.85. The van der Waals surface area contributed by atoms with Gasteiger partial charge in [-0.25, -0.2) is 8.78 Å². The quantitative estimate of drug-likeness (QED) is 0.913. The maximum atomic E-state index is 14.0. The van der Waals surface area contributed by atoms with Crippen molar-refractivity contribution in [2.24, 2.45) is 0 Å². The maximum absolute atomic E-state index is 14.0. The van der Waals surface area contributed by atoms with Crippen LogP contribution in [0.15, 0.2) is 6.07 Å². The van der Waals surface area contributed by atoms with E-state index < -0.39 is 11.6 Å². The Balaban J connectivity index is 2.33. The number of piperidine rings is 1. The Morgan fingerprint density at radius 3 is 2.63 bits per heavy atom. The lowest BCUT2D eigenvalue weighted by molar-refractivity contribution is 0.334. The lowest BCUT2D eigenvalue weighted by Gasteiger charge is -2.25. The molecule has 1 N–H and O–H groups in total. The minimum Gasteiger partial charge on any atom is -0.493 e. The van der Waals surface area contributed by atoms with E-state index in [0.717, 1.165) is 31.9 Å². The largest absolute Gasteiger partial charge is 0.493 e. The molecule has 1 aliphatic heterocycles. The molecule has 1 aromatic rings. The van der Waals surface area contributed by atoms with Crippen molar-refractivity contribution in [2.45, 2.75) is 31.7 Å². The summed E-state index contributed by atoms with van der Waals surface area (Å²) < 4.78 is 37.8. The predicted molar refractivity (Wildman–Crippen MR) is 68.8 cm³/mol. The zero-order valence-corrected chi connectivity index (χ0v) is 11.3. The summed E-state index contributed by atoms with van der Waals surface area (Å²) in [6, 6.07) is 1.18. The van der Waals surface area contributed by atoms with E-state index in [4.69, 9.17) is 9.47 Å². The van der Waals surface area contributed by atoms with Gasteiger partial charge in [0.05, 0.1) is 14.2 Å². The van der Waals surface area contributed by atoms with Crippen LogP contribution in [-0.4, -0.2) is 26.8 Å². The highest BCUT2D eigenvalue weighted by Crippen LogP contribution is 2.35. The van der Waals surface area contributed by atoms with Crippen LogP contribution in [0.5, 0.6) is 11.5 Å². The van der Waals surface area contributed by atoms with Gasteiger partial charge in [0.25, 0.3) is 0 Å². The van der Waals surface area contributed by atoms with Gasteiger partial charge in [0, 0.05) is 17.7 Å². The molecule has 1 heterocycles. The molecule has 0 saturated carbocycles. The minimum atomic E-state index is -0.900. The van der Waals surface area contributed by atoms with E-state index in [9.17, 15) is 8.78 Å². The molecule has 1 atom stereocenters. The van der Waals surface area contributed by atoms with Crippen LogP contribution < -0.4 is 14.8 Å².